The zero-order chi connectivity index (χ0) is 48.9. The highest BCUT2D eigenvalue weighted by atomic mass is 15.0. The minimum Gasteiger partial charge on any atom is -0.309 e. The van der Waals surface area contributed by atoms with Crippen LogP contribution >= 0.6 is 0 Å². The molecule has 346 valence electrons. The molecule has 0 saturated heterocycles. The predicted octanol–water partition coefficient (Wildman–Crippen LogP) is 17.7. The van der Waals surface area contributed by atoms with Gasteiger partial charge in [-0.3, -0.25) is 0 Å². The Hall–Kier alpha value is -9.32. The van der Waals surface area contributed by atoms with E-state index in [0.717, 1.165) is 50.8 Å². The number of aryl methyl sites for hydroxylation is 4. The molecule has 14 aromatic rings. The molecule has 4 aromatic heterocycles. The summed E-state index contributed by atoms with van der Waals surface area (Å²) in [4.78, 5) is 10.2. The number of hydrogen-bond acceptors (Lipinski definition) is 2. The lowest BCUT2D eigenvalue weighted by Crippen LogP contribution is -2.00. The fourth-order valence-electron chi connectivity index (χ4n) is 11.4. The zero-order valence-corrected chi connectivity index (χ0v) is 41.1. The zero-order valence-electron chi connectivity index (χ0n) is 41.1. The normalized spacial score (nSPS) is 11.8. The highest BCUT2D eigenvalue weighted by Gasteiger charge is 2.21. The second-order valence-electron chi connectivity index (χ2n) is 19.7. The van der Waals surface area contributed by atoms with E-state index in [-0.39, 0.29) is 0 Å². The van der Waals surface area contributed by atoms with Gasteiger partial charge < -0.3 is 13.7 Å². The van der Waals surface area contributed by atoms with Gasteiger partial charge in [0.05, 0.1) is 44.5 Å². The SMILES string of the molecule is Cc1ccc(-c2cc(-c3ccc(-c4cc(C)c(-n5c6ccc(-n7c8ccccc8c8ccccc87)cc6c6cc(-n7c8ccccc8c8ccccc87)ccc65)cc4C)cc3)nc(-c3ccc(C)cc3)n2)cc1. The third-order valence-electron chi connectivity index (χ3n) is 15.1. The molecule has 4 heterocycles. The molecule has 0 aliphatic rings. The lowest BCUT2D eigenvalue weighted by Gasteiger charge is -2.16. The lowest BCUT2D eigenvalue weighted by atomic mass is 9.95. The van der Waals surface area contributed by atoms with Crippen LogP contribution in [0.25, 0.3) is 128 Å². The van der Waals surface area contributed by atoms with Gasteiger partial charge in [-0.2, -0.15) is 0 Å². The summed E-state index contributed by atoms with van der Waals surface area (Å²) in [7, 11) is 0. The molecule has 0 atom stereocenters. The molecule has 0 spiro atoms. The molecule has 0 aliphatic heterocycles. The van der Waals surface area contributed by atoms with Crippen LogP contribution in [0.4, 0.5) is 0 Å². The summed E-state index contributed by atoms with van der Waals surface area (Å²) < 4.78 is 7.34. The number of para-hydroxylation sites is 4. The van der Waals surface area contributed by atoms with Crippen LogP contribution < -0.4 is 0 Å². The van der Waals surface area contributed by atoms with Gasteiger partial charge in [-0.25, -0.2) is 9.97 Å². The molecule has 0 saturated carbocycles. The summed E-state index contributed by atoms with van der Waals surface area (Å²) in [5, 5.41) is 7.42. The van der Waals surface area contributed by atoms with Crippen molar-refractivity contribution in [2.24, 2.45) is 0 Å². The van der Waals surface area contributed by atoms with Crippen molar-refractivity contribution in [1.82, 2.24) is 23.7 Å². The van der Waals surface area contributed by atoms with Gasteiger partial charge in [0.2, 0.25) is 0 Å². The molecule has 5 nitrogen and oxygen atoms in total. The molecule has 0 amide bonds. The second kappa shape index (κ2) is 16.6. The maximum absolute atomic E-state index is 5.15. The van der Waals surface area contributed by atoms with Gasteiger partial charge in [-0.15, -0.1) is 0 Å². The average Bonchev–Trinajstić information content (AvgIpc) is 4.07. The smallest absolute Gasteiger partial charge is 0.160 e. The van der Waals surface area contributed by atoms with Crippen LogP contribution in [0, 0.1) is 27.7 Å². The highest BCUT2D eigenvalue weighted by Crippen LogP contribution is 2.41. The van der Waals surface area contributed by atoms with Crippen molar-refractivity contribution in [3.8, 4) is 62.1 Å². The Morgan fingerprint density at radius 2 is 0.671 bits per heavy atom. The molecule has 0 aliphatic carbocycles. The lowest BCUT2D eigenvalue weighted by molar-refractivity contribution is 1.13. The number of hydrogen-bond donors (Lipinski definition) is 0. The van der Waals surface area contributed by atoms with E-state index in [0.29, 0.717) is 0 Å². The summed E-state index contributed by atoms with van der Waals surface area (Å²) in [6.07, 6.45) is 0. The van der Waals surface area contributed by atoms with Crippen LogP contribution in [0.5, 0.6) is 0 Å². The highest BCUT2D eigenvalue weighted by molar-refractivity contribution is 6.14. The van der Waals surface area contributed by atoms with Crippen molar-refractivity contribution in [3.05, 3.63) is 247 Å². The standard InChI is InChI=1S/C68H49N5/c1-42-21-25-47(26-22-42)59-41-60(70-68(69-59)49-27-23-43(2)24-28-49)48-31-29-46(30-32-48)56-37-45(4)67(38-44(56)3)73-65-35-33-50(71-61-17-9-5-13-52(61)53-14-6-10-18-62(53)71)39-57(65)58-40-51(34-36-66(58)73)72-63-19-11-7-15-54(63)55-16-8-12-20-64(55)72/h5-41H,1-4H3. The van der Waals surface area contributed by atoms with Crippen molar-refractivity contribution in [2.75, 3.05) is 0 Å². The van der Waals surface area contributed by atoms with Gasteiger partial charge in [0.1, 0.15) is 0 Å². The molecule has 5 heteroatoms. The van der Waals surface area contributed by atoms with Crippen LogP contribution in [0.1, 0.15) is 22.3 Å². The Morgan fingerprint density at radius 1 is 0.288 bits per heavy atom. The first kappa shape index (κ1) is 42.5. The largest absolute Gasteiger partial charge is 0.309 e. The number of nitrogens with zero attached hydrogens (tertiary/aromatic N) is 5. The van der Waals surface area contributed by atoms with Crippen LogP contribution in [0.3, 0.4) is 0 Å². The fraction of sp³-hybridized carbons (Fsp3) is 0.0588. The molecule has 0 radical (unpaired) electrons. The van der Waals surface area contributed by atoms with Crippen molar-refractivity contribution in [1.29, 1.82) is 0 Å². The maximum Gasteiger partial charge on any atom is 0.160 e. The summed E-state index contributed by atoms with van der Waals surface area (Å²) in [5.41, 5.74) is 22.7. The fourth-order valence-corrected chi connectivity index (χ4v) is 11.4. The van der Waals surface area contributed by atoms with Crippen molar-refractivity contribution in [3.63, 3.8) is 0 Å². The van der Waals surface area contributed by atoms with Gasteiger partial charge in [-0.05, 0) is 129 Å². The third-order valence-corrected chi connectivity index (χ3v) is 15.1. The Labute approximate surface area is 423 Å². The maximum atomic E-state index is 5.15. The molecule has 73 heavy (non-hydrogen) atoms. The van der Waals surface area contributed by atoms with Crippen LogP contribution in [-0.2, 0) is 0 Å². The topological polar surface area (TPSA) is 40.6 Å². The van der Waals surface area contributed by atoms with Gasteiger partial charge in [0.25, 0.3) is 0 Å². The molecule has 0 bridgehead atoms. The van der Waals surface area contributed by atoms with Gasteiger partial charge in [0.15, 0.2) is 5.82 Å². The Balaban J connectivity index is 0.909. The first-order chi connectivity index (χ1) is 35.8. The number of aromatic nitrogens is 5. The quantitative estimate of drug-likeness (QED) is 0.160. The average molecular weight is 936 g/mol. The minimum absolute atomic E-state index is 0.718. The van der Waals surface area contributed by atoms with Crippen molar-refractivity contribution >= 4 is 65.4 Å². The van der Waals surface area contributed by atoms with E-state index in [2.05, 4.69) is 266 Å². The monoisotopic (exact) mass is 935 g/mol. The number of fused-ring (bicyclic) bond motifs is 9. The first-order valence-corrected chi connectivity index (χ1v) is 25.1. The molecule has 0 fully saturated rings. The molecule has 0 unspecified atom stereocenters. The summed E-state index contributed by atoms with van der Waals surface area (Å²) in [5.74, 6) is 0.718. The molecule has 10 aromatic carbocycles. The minimum atomic E-state index is 0.718. The summed E-state index contributed by atoms with van der Waals surface area (Å²) >= 11 is 0. The molecule has 14 rings (SSSR count). The van der Waals surface area contributed by atoms with E-state index >= 15 is 0 Å². The van der Waals surface area contributed by atoms with E-state index in [9.17, 15) is 0 Å². The number of benzene rings is 10. The molecule has 0 N–H and O–H groups in total. The first-order valence-electron chi connectivity index (χ1n) is 25.1. The Kier molecular flexibility index (Phi) is 9.70. The molecular formula is C68H49N5. The van der Waals surface area contributed by atoms with E-state index < -0.39 is 0 Å². The van der Waals surface area contributed by atoms with E-state index in [4.69, 9.17) is 9.97 Å². The van der Waals surface area contributed by atoms with Gasteiger partial charge >= 0.3 is 0 Å². The number of rotatable bonds is 7. The van der Waals surface area contributed by atoms with E-state index in [1.807, 2.05) is 0 Å². The summed E-state index contributed by atoms with van der Waals surface area (Å²) in [6.45, 7) is 8.71. The van der Waals surface area contributed by atoms with E-state index in [1.54, 1.807) is 0 Å². The van der Waals surface area contributed by atoms with Crippen molar-refractivity contribution < 1.29 is 0 Å². The van der Waals surface area contributed by atoms with Crippen molar-refractivity contribution in [2.45, 2.75) is 27.7 Å². The summed E-state index contributed by atoms with van der Waals surface area (Å²) in [6, 6.07) is 81.9. The van der Waals surface area contributed by atoms with Crippen LogP contribution in [-0.4, -0.2) is 23.7 Å². The third kappa shape index (κ3) is 6.92. The van der Waals surface area contributed by atoms with Gasteiger partial charge in [0, 0.05) is 66.1 Å². The van der Waals surface area contributed by atoms with Crippen LogP contribution in [0.2, 0.25) is 0 Å². The molecular weight excluding hydrogens is 887 g/mol. The Morgan fingerprint density at radius 3 is 1.12 bits per heavy atom. The van der Waals surface area contributed by atoms with E-state index in [1.165, 1.54) is 98.9 Å². The predicted molar refractivity (Wildman–Crippen MR) is 306 cm³/mol. The Bertz CT molecular complexity index is 4170. The second-order valence-corrected chi connectivity index (χ2v) is 19.7. The van der Waals surface area contributed by atoms with Crippen LogP contribution in [0.15, 0.2) is 224 Å². The van der Waals surface area contributed by atoms with Gasteiger partial charge in [-0.1, -0.05) is 157 Å².